The lowest BCUT2D eigenvalue weighted by Gasteiger charge is -2.12. The van der Waals surface area contributed by atoms with Crippen LogP contribution < -0.4 is 10.6 Å². The molecule has 0 aliphatic carbocycles. The third kappa shape index (κ3) is 4.93. The standard InChI is InChI=1S/C15H10Cl3F3N2O/c16-10-3-1-8(12(18)6-10)7-22-14(24)23-13-5-9(15(19,20)21)2-4-11(13)17/h1-6H,7H2,(H2,22,23,24). The summed E-state index contributed by atoms with van der Waals surface area (Å²) in [6.45, 7) is 0.0679. The van der Waals surface area contributed by atoms with Crippen LogP contribution in [0.1, 0.15) is 11.1 Å². The monoisotopic (exact) mass is 396 g/mol. The fourth-order valence-electron chi connectivity index (χ4n) is 1.80. The Bertz CT molecular complexity index is 766. The van der Waals surface area contributed by atoms with Gasteiger partial charge in [0, 0.05) is 16.6 Å². The maximum Gasteiger partial charge on any atom is 0.416 e. The minimum absolute atomic E-state index is 0.0114. The molecule has 3 nitrogen and oxygen atoms in total. The second kappa shape index (κ2) is 7.51. The molecule has 2 amide bonds. The highest BCUT2D eigenvalue weighted by Gasteiger charge is 2.31. The van der Waals surface area contributed by atoms with Gasteiger partial charge in [-0.05, 0) is 35.9 Å². The molecule has 2 aromatic rings. The molecule has 0 aliphatic rings. The number of carbonyl (C=O) groups is 1. The predicted octanol–water partition coefficient (Wildman–Crippen LogP) is 5.99. The van der Waals surface area contributed by atoms with Crippen molar-refractivity contribution in [2.45, 2.75) is 12.7 Å². The lowest BCUT2D eigenvalue weighted by molar-refractivity contribution is -0.137. The van der Waals surface area contributed by atoms with E-state index in [0.29, 0.717) is 15.6 Å². The zero-order chi connectivity index (χ0) is 17.9. The highest BCUT2D eigenvalue weighted by molar-refractivity contribution is 6.35. The molecule has 0 unspecified atom stereocenters. The normalized spacial score (nSPS) is 11.2. The third-order valence-electron chi connectivity index (χ3n) is 3.00. The van der Waals surface area contributed by atoms with Gasteiger partial charge in [-0.15, -0.1) is 0 Å². The molecule has 0 heterocycles. The van der Waals surface area contributed by atoms with Crippen molar-refractivity contribution in [3.8, 4) is 0 Å². The first-order valence-corrected chi connectivity index (χ1v) is 7.66. The number of alkyl halides is 3. The minimum atomic E-state index is -4.53. The van der Waals surface area contributed by atoms with Crippen molar-refractivity contribution in [3.63, 3.8) is 0 Å². The first-order chi connectivity index (χ1) is 11.2. The van der Waals surface area contributed by atoms with E-state index in [9.17, 15) is 18.0 Å². The Morgan fingerprint density at radius 3 is 2.33 bits per heavy atom. The molecule has 128 valence electrons. The molecule has 0 radical (unpaired) electrons. The second-order valence-electron chi connectivity index (χ2n) is 4.74. The van der Waals surface area contributed by atoms with Crippen molar-refractivity contribution >= 4 is 46.5 Å². The van der Waals surface area contributed by atoms with E-state index in [2.05, 4.69) is 10.6 Å². The summed E-state index contributed by atoms with van der Waals surface area (Å²) in [6.07, 6.45) is -4.53. The van der Waals surface area contributed by atoms with Crippen molar-refractivity contribution in [1.29, 1.82) is 0 Å². The van der Waals surface area contributed by atoms with Crippen LogP contribution in [0.15, 0.2) is 36.4 Å². The average Bonchev–Trinajstić information content (AvgIpc) is 2.47. The summed E-state index contributed by atoms with van der Waals surface area (Å²) >= 11 is 17.5. The number of anilines is 1. The molecule has 2 rings (SSSR count). The fourth-order valence-corrected chi connectivity index (χ4v) is 2.44. The molecule has 0 spiro atoms. The third-order valence-corrected chi connectivity index (χ3v) is 3.91. The van der Waals surface area contributed by atoms with Crippen LogP contribution >= 0.6 is 34.8 Å². The summed E-state index contributed by atoms with van der Waals surface area (Å²) in [5, 5.41) is 5.55. The highest BCUT2D eigenvalue weighted by Crippen LogP contribution is 2.33. The zero-order valence-electron chi connectivity index (χ0n) is 11.8. The van der Waals surface area contributed by atoms with Gasteiger partial charge < -0.3 is 10.6 Å². The Morgan fingerprint density at radius 1 is 1.00 bits per heavy atom. The number of halogens is 6. The Balaban J connectivity index is 2.04. The largest absolute Gasteiger partial charge is 0.416 e. The summed E-state index contributed by atoms with van der Waals surface area (Å²) in [6, 6.07) is 6.68. The quantitative estimate of drug-likeness (QED) is 0.656. The molecule has 0 saturated heterocycles. The summed E-state index contributed by atoms with van der Waals surface area (Å²) in [5.41, 5.74) is -0.458. The maximum atomic E-state index is 12.7. The molecule has 9 heteroatoms. The van der Waals surface area contributed by atoms with Gasteiger partial charge >= 0.3 is 12.2 Å². The van der Waals surface area contributed by atoms with Crippen molar-refractivity contribution in [2.24, 2.45) is 0 Å². The second-order valence-corrected chi connectivity index (χ2v) is 5.99. The van der Waals surface area contributed by atoms with E-state index in [1.165, 1.54) is 6.07 Å². The van der Waals surface area contributed by atoms with Crippen LogP contribution in [0, 0.1) is 0 Å². The smallest absolute Gasteiger partial charge is 0.334 e. The van der Waals surface area contributed by atoms with Gasteiger partial charge in [0.1, 0.15) is 0 Å². The summed E-state index contributed by atoms with van der Waals surface area (Å²) in [7, 11) is 0. The van der Waals surface area contributed by atoms with Crippen molar-refractivity contribution in [3.05, 3.63) is 62.6 Å². The summed E-state index contributed by atoms with van der Waals surface area (Å²) in [5.74, 6) is 0. The number of nitrogens with one attached hydrogen (secondary N) is 2. The zero-order valence-corrected chi connectivity index (χ0v) is 14.1. The van der Waals surface area contributed by atoms with Crippen molar-refractivity contribution < 1.29 is 18.0 Å². The Hall–Kier alpha value is -1.63. The minimum Gasteiger partial charge on any atom is -0.334 e. The van der Waals surface area contributed by atoms with Crippen LogP contribution in [-0.2, 0) is 12.7 Å². The van der Waals surface area contributed by atoms with Gasteiger partial charge in [0.2, 0.25) is 0 Å². The van der Waals surface area contributed by atoms with E-state index in [1.54, 1.807) is 12.1 Å². The van der Waals surface area contributed by atoms with Gasteiger partial charge in [-0.3, -0.25) is 0 Å². The molecule has 2 aromatic carbocycles. The van der Waals surface area contributed by atoms with Crippen LogP contribution in [0.25, 0.3) is 0 Å². The number of hydrogen-bond donors (Lipinski definition) is 2. The van der Waals surface area contributed by atoms with E-state index in [-0.39, 0.29) is 17.3 Å². The first-order valence-electron chi connectivity index (χ1n) is 6.52. The van der Waals surface area contributed by atoms with E-state index >= 15 is 0 Å². The highest BCUT2D eigenvalue weighted by atomic mass is 35.5. The van der Waals surface area contributed by atoms with Gasteiger partial charge in [0.15, 0.2) is 0 Å². The SMILES string of the molecule is O=C(NCc1ccc(Cl)cc1Cl)Nc1cc(C(F)(F)F)ccc1Cl. The molecule has 0 saturated carbocycles. The van der Waals surface area contributed by atoms with Crippen LogP contribution in [0.5, 0.6) is 0 Å². The number of benzene rings is 2. The summed E-state index contributed by atoms with van der Waals surface area (Å²) < 4.78 is 38.1. The fraction of sp³-hybridized carbons (Fsp3) is 0.133. The first kappa shape index (κ1) is 18.7. The lowest BCUT2D eigenvalue weighted by atomic mass is 10.2. The van der Waals surface area contributed by atoms with Crippen molar-refractivity contribution in [1.82, 2.24) is 5.32 Å². The van der Waals surface area contributed by atoms with Crippen LogP contribution in [0.2, 0.25) is 15.1 Å². The molecule has 0 atom stereocenters. The van der Waals surface area contributed by atoms with Gasteiger partial charge in [0.25, 0.3) is 0 Å². The van der Waals surface area contributed by atoms with Crippen molar-refractivity contribution in [2.75, 3.05) is 5.32 Å². The van der Waals surface area contributed by atoms with E-state index in [0.717, 1.165) is 18.2 Å². The number of urea groups is 1. The van der Waals surface area contributed by atoms with Crippen LogP contribution in [0.3, 0.4) is 0 Å². The predicted molar refractivity (Wildman–Crippen MR) is 88.8 cm³/mol. The molecule has 0 bridgehead atoms. The van der Waals surface area contributed by atoms with Gasteiger partial charge in [-0.25, -0.2) is 4.79 Å². The number of amides is 2. The van der Waals surface area contributed by atoms with Gasteiger partial charge in [-0.2, -0.15) is 13.2 Å². The Kier molecular flexibility index (Phi) is 5.85. The molecule has 0 aromatic heterocycles. The van der Waals surface area contributed by atoms with Gasteiger partial charge in [-0.1, -0.05) is 40.9 Å². The van der Waals surface area contributed by atoms with Crippen LogP contribution in [0.4, 0.5) is 23.7 Å². The van der Waals surface area contributed by atoms with E-state index < -0.39 is 17.8 Å². The summed E-state index contributed by atoms with van der Waals surface area (Å²) in [4.78, 5) is 11.8. The number of hydrogen-bond acceptors (Lipinski definition) is 1. The topological polar surface area (TPSA) is 41.1 Å². The Morgan fingerprint density at radius 2 is 1.71 bits per heavy atom. The molecular weight excluding hydrogens is 388 g/mol. The number of carbonyl (C=O) groups excluding carboxylic acids is 1. The lowest BCUT2D eigenvalue weighted by Crippen LogP contribution is -2.28. The molecule has 0 fully saturated rings. The van der Waals surface area contributed by atoms with Crippen LogP contribution in [-0.4, -0.2) is 6.03 Å². The van der Waals surface area contributed by atoms with Gasteiger partial charge in [0.05, 0.1) is 16.3 Å². The Labute approximate surface area is 150 Å². The molecule has 0 aliphatic heterocycles. The molecule has 24 heavy (non-hydrogen) atoms. The number of rotatable bonds is 3. The average molecular weight is 398 g/mol. The van der Waals surface area contributed by atoms with E-state index in [1.807, 2.05) is 0 Å². The maximum absolute atomic E-state index is 12.7. The molecular formula is C15H10Cl3F3N2O. The molecule has 2 N–H and O–H groups in total. The van der Waals surface area contributed by atoms with E-state index in [4.69, 9.17) is 34.8 Å².